The van der Waals surface area contributed by atoms with Crippen LogP contribution in [0.3, 0.4) is 0 Å². The Morgan fingerprint density at radius 3 is 2.65 bits per heavy atom. The smallest absolute Gasteiger partial charge is 0.255 e. The van der Waals surface area contributed by atoms with E-state index in [2.05, 4.69) is 42.4 Å². The molecule has 1 saturated heterocycles. The maximum absolute atomic E-state index is 12.9. The number of amides is 1. The molecule has 0 radical (unpaired) electrons. The van der Waals surface area contributed by atoms with Gasteiger partial charge in [-0.25, -0.2) is 0 Å². The van der Waals surface area contributed by atoms with Crippen LogP contribution in [0.5, 0.6) is 0 Å². The lowest BCUT2D eigenvalue weighted by Gasteiger charge is -2.27. The number of carbonyl (C=O) groups excluding carboxylic acids is 1. The Hall–Kier alpha value is -2.97. The molecular weight excluding hydrogens is 402 g/mol. The van der Waals surface area contributed by atoms with Crippen LogP contribution in [-0.2, 0) is 6.42 Å². The molecule has 0 spiro atoms. The van der Waals surface area contributed by atoms with Crippen molar-refractivity contribution in [2.24, 2.45) is 5.92 Å². The van der Waals surface area contributed by atoms with Gasteiger partial charge in [0.25, 0.3) is 5.91 Å². The van der Waals surface area contributed by atoms with Crippen LogP contribution in [0.1, 0.15) is 54.7 Å². The molecular formula is C26H27N3OS. The normalized spacial score (nSPS) is 13.9. The number of hydrogen-bond donors (Lipinski definition) is 0. The van der Waals surface area contributed by atoms with Gasteiger partial charge in [-0.15, -0.1) is 11.3 Å². The molecule has 3 heterocycles. The molecule has 0 aliphatic carbocycles. The molecule has 1 amide bonds. The minimum atomic E-state index is -0.0247. The van der Waals surface area contributed by atoms with Crippen molar-refractivity contribution in [3.63, 3.8) is 0 Å². The number of benzene rings is 1. The largest absolute Gasteiger partial charge is 0.339 e. The molecule has 0 unspecified atom stereocenters. The van der Waals surface area contributed by atoms with Gasteiger partial charge in [-0.2, -0.15) is 5.26 Å². The Bertz CT molecular complexity index is 1120. The van der Waals surface area contributed by atoms with Crippen LogP contribution in [0.4, 0.5) is 0 Å². The van der Waals surface area contributed by atoms with Gasteiger partial charge in [0.2, 0.25) is 0 Å². The number of aromatic nitrogens is 1. The highest BCUT2D eigenvalue weighted by atomic mass is 32.1. The second-order valence-corrected chi connectivity index (χ2v) is 9.47. The molecule has 158 valence electrons. The summed E-state index contributed by atoms with van der Waals surface area (Å²) in [5, 5.41) is 11.8. The minimum absolute atomic E-state index is 0.0247. The Morgan fingerprint density at radius 1 is 1.10 bits per heavy atom. The highest BCUT2D eigenvalue weighted by Crippen LogP contribution is 2.34. The Balaban J connectivity index is 1.59. The zero-order valence-electron chi connectivity index (χ0n) is 18.1. The quantitative estimate of drug-likeness (QED) is 0.487. The van der Waals surface area contributed by atoms with E-state index < -0.39 is 0 Å². The second kappa shape index (κ2) is 9.45. The van der Waals surface area contributed by atoms with Crippen molar-refractivity contribution >= 4 is 17.2 Å². The number of pyridine rings is 1. The molecule has 0 saturated carbocycles. The predicted octanol–water partition coefficient (Wildman–Crippen LogP) is 6.17. The van der Waals surface area contributed by atoms with E-state index in [1.807, 2.05) is 35.4 Å². The molecule has 0 atom stereocenters. The zero-order valence-corrected chi connectivity index (χ0v) is 18.9. The summed E-state index contributed by atoms with van der Waals surface area (Å²) in [5.41, 5.74) is 5.26. The van der Waals surface area contributed by atoms with Crippen molar-refractivity contribution < 1.29 is 4.79 Å². The van der Waals surface area contributed by atoms with Gasteiger partial charge in [0.05, 0.1) is 17.2 Å². The van der Waals surface area contributed by atoms with E-state index in [9.17, 15) is 10.1 Å². The average Bonchev–Trinajstić information content (AvgIpc) is 3.29. The molecule has 31 heavy (non-hydrogen) atoms. The van der Waals surface area contributed by atoms with E-state index in [1.165, 1.54) is 16.9 Å². The van der Waals surface area contributed by atoms with Gasteiger partial charge in [-0.1, -0.05) is 19.9 Å². The molecule has 0 bridgehead atoms. The lowest BCUT2D eigenvalue weighted by Crippen LogP contribution is -2.36. The van der Waals surface area contributed by atoms with E-state index in [0.29, 0.717) is 17.0 Å². The summed E-state index contributed by atoms with van der Waals surface area (Å²) in [4.78, 5) is 20.4. The number of nitriles is 1. The summed E-state index contributed by atoms with van der Waals surface area (Å²) >= 11 is 1.69. The molecule has 2 aromatic heterocycles. The first-order valence-corrected chi connectivity index (χ1v) is 11.8. The first-order chi connectivity index (χ1) is 15.0. The van der Waals surface area contributed by atoms with Crippen molar-refractivity contribution in [3.8, 4) is 27.6 Å². The van der Waals surface area contributed by atoms with Gasteiger partial charge in [0.1, 0.15) is 0 Å². The van der Waals surface area contributed by atoms with Gasteiger partial charge in [0.15, 0.2) is 0 Å². The zero-order chi connectivity index (χ0) is 21.8. The van der Waals surface area contributed by atoms with Crippen LogP contribution in [-0.4, -0.2) is 28.9 Å². The fourth-order valence-electron chi connectivity index (χ4n) is 4.07. The van der Waals surface area contributed by atoms with Crippen molar-refractivity contribution in [3.05, 3.63) is 64.8 Å². The first kappa shape index (κ1) is 21.3. The number of carbonyl (C=O) groups is 1. The summed E-state index contributed by atoms with van der Waals surface area (Å²) < 4.78 is 0. The lowest BCUT2D eigenvalue weighted by atomic mass is 9.99. The molecule has 4 nitrogen and oxygen atoms in total. The van der Waals surface area contributed by atoms with Gasteiger partial charge in [-0.05, 0) is 84.0 Å². The van der Waals surface area contributed by atoms with Crippen molar-refractivity contribution in [2.45, 2.75) is 39.5 Å². The van der Waals surface area contributed by atoms with Crippen LogP contribution in [0.25, 0.3) is 21.6 Å². The van der Waals surface area contributed by atoms with Crippen LogP contribution in [0, 0.1) is 17.2 Å². The van der Waals surface area contributed by atoms with Crippen molar-refractivity contribution in [1.82, 2.24) is 9.88 Å². The number of rotatable bonds is 5. The van der Waals surface area contributed by atoms with E-state index in [1.54, 1.807) is 11.3 Å². The maximum Gasteiger partial charge on any atom is 0.255 e. The summed E-state index contributed by atoms with van der Waals surface area (Å²) in [6.45, 7) is 5.96. The molecule has 1 aliphatic rings. The van der Waals surface area contributed by atoms with Crippen molar-refractivity contribution in [2.75, 3.05) is 13.1 Å². The third-order valence-corrected chi connectivity index (χ3v) is 6.64. The highest BCUT2D eigenvalue weighted by Gasteiger charge is 2.21. The Labute approximate surface area is 188 Å². The van der Waals surface area contributed by atoms with E-state index >= 15 is 0 Å². The maximum atomic E-state index is 12.9. The molecule has 3 aromatic rings. The van der Waals surface area contributed by atoms with Crippen LogP contribution >= 0.6 is 11.3 Å². The topological polar surface area (TPSA) is 57.0 Å². The third-order valence-electron chi connectivity index (χ3n) is 5.66. The van der Waals surface area contributed by atoms with Crippen LogP contribution in [0.2, 0.25) is 0 Å². The van der Waals surface area contributed by atoms with Crippen LogP contribution in [0.15, 0.2) is 48.0 Å². The SMILES string of the molecule is CC(C)Cc1cc(-c2cc(-c3ccc(C(=O)N4CCCCC4)c(C#N)c3)cs2)ccn1. The van der Waals surface area contributed by atoms with E-state index in [4.69, 9.17) is 0 Å². The summed E-state index contributed by atoms with van der Waals surface area (Å²) in [7, 11) is 0. The predicted molar refractivity (Wildman–Crippen MR) is 126 cm³/mol. The lowest BCUT2D eigenvalue weighted by molar-refractivity contribution is 0.0724. The second-order valence-electron chi connectivity index (χ2n) is 8.56. The Morgan fingerprint density at radius 2 is 1.90 bits per heavy atom. The molecule has 0 N–H and O–H groups in total. The number of piperidine rings is 1. The standard InChI is InChI=1S/C26H27N3OS/c1-18(2)12-23-14-20(8-9-28-23)25-15-22(17-31-25)19-6-7-24(21(13-19)16-27)26(30)29-10-4-3-5-11-29/h6-9,13-15,17-18H,3-5,10-12H2,1-2H3. The molecule has 1 fully saturated rings. The van der Waals surface area contributed by atoms with E-state index in [-0.39, 0.29) is 5.91 Å². The average molecular weight is 430 g/mol. The highest BCUT2D eigenvalue weighted by molar-refractivity contribution is 7.14. The molecule has 1 aromatic carbocycles. The monoisotopic (exact) mass is 429 g/mol. The summed E-state index contributed by atoms with van der Waals surface area (Å²) in [6.07, 6.45) is 6.09. The number of nitrogens with zero attached hydrogens (tertiary/aromatic N) is 3. The fraction of sp³-hybridized carbons (Fsp3) is 0.346. The van der Waals surface area contributed by atoms with Gasteiger partial charge in [0, 0.05) is 29.9 Å². The van der Waals surface area contributed by atoms with E-state index in [0.717, 1.165) is 49.2 Å². The molecule has 1 aliphatic heterocycles. The number of hydrogen-bond acceptors (Lipinski definition) is 4. The molecule has 5 heteroatoms. The first-order valence-electron chi connectivity index (χ1n) is 10.9. The van der Waals surface area contributed by atoms with Crippen molar-refractivity contribution in [1.29, 1.82) is 5.26 Å². The van der Waals surface area contributed by atoms with Gasteiger partial charge < -0.3 is 4.90 Å². The Kier molecular flexibility index (Phi) is 6.48. The summed E-state index contributed by atoms with van der Waals surface area (Å²) in [5.74, 6) is 0.542. The minimum Gasteiger partial charge on any atom is -0.339 e. The fourth-order valence-corrected chi connectivity index (χ4v) is 4.99. The number of thiophene rings is 1. The third kappa shape index (κ3) is 4.86. The molecule has 4 rings (SSSR count). The summed E-state index contributed by atoms with van der Waals surface area (Å²) in [6, 6.07) is 14.2. The number of likely N-dealkylation sites (tertiary alicyclic amines) is 1. The van der Waals surface area contributed by atoms with Gasteiger partial charge >= 0.3 is 0 Å². The van der Waals surface area contributed by atoms with Gasteiger partial charge in [-0.3, -0.25) is 9.78 Å². The van der Waals surface area contributed by atoms with Crippen LogP contribution < -0.4 is 0 Å².